The van der Waals surface area contributed by atoms with Gasteiger partial charge in [-0.15, -0.1) is 10.2 Å². The molecule has 19 heavy (non-hydrogen) atoms. The summed E-state index contributed by atoms with van der Waals surface area (Å²) in [6.07, 6.45) is 0.154. The minimum absolute atomic E-state index is 0.338. The SMILES string of the molecule is CCC(O)c1ccccc1OCc1nnc(C)n1C. The molecule has 2 rings (SSSR count). The summed E-state index contributed by atoms with van der Waals surface area (Å²) in [6.45, 7) is 4.17. The normalized spacial score (nSPS) is 12.4. The molecule has 1 aromatic carbocycles. The lowest BCUT2D eigenvalue weighted by Crippen LogP contribution is -2.06. The van der Waals surface area contributed by atoms with Crippen LogP contribution in [0.2, 0.25) is 0 Å². The maximum absolute atomic E-state index is 9.95. The van der Waals surface area contributed by atoms with Crippen LogP contribution in [0.1, 0.15) is 36.7 Å². The summed E-state index contributed by atoms with van der Waals surface area (Å²) in [7, 11) is 1.90. The molecule has 0 saturated heterocycles. The molecule has 1 heterocycles. The monoisotopic (exact) mass is 261 g/mol. The largest absolute Gasteiger partial charge is 0.485 e. The molecule has 5 nitrogen and oxygen atoms in total. The van der Waals surface area contributed by atoms with Gasteiger partial charge in [0.05, 0.1) is 6.10 Å². The van der Waals surface area contributed by atoms with Crippen LogP contribution in [0.4, 0.5) is 0 Å². The van der Waals surface area contributed by atoms with E-state index in [0.717, 1.165) is 17.2 Å². The first-order chi connectivity index (χ1) is 9.13. The number of aryl methyl sites for hydroxylation is 1. The Kier molecular flexibility index (Phi) is 4.16. The van der Waals surface area contributed by atoms with Crippen molar-refractivity contribution in [3.05, 3.63) is 41.5 Å². The fourth-order valence-corrected chi connectivity index (χ4v) is 1.83. The Morgan fingerprint density at radius 1 is 1.32 bits per heavy atom. The second-order valence-corrected chi connectivity index (χ2v) is 4.47. The molecule has 0 aliphatic heterocycles. The van der Waals surface area contributed by atoms with Gasteiger partial charge in [-0.1, -0.05) is 25.1 Å². The average molecular weight is 261 g/mol. The predicted molar refractivity (Wildman–Crippen MR) is 71.8 cm³/mol. The first-order valence-corrected chi connectivity index (χ1v) is 6.38. The Bertz CT molecular complexity index is 551. The number of nitrogens with zero attached hydrogens (tertiary/aromatic N) is 3. The Labute approximate surface area is 112 Å². The van der Waals surface area contributed by atoms with Crippen molar-refractivity contribution in [1.29, 1.82) is 0 Å². The van der Waals surface area contributed by atoms with E-state index in [-0.39, 0.29) is 0 Å². The van der Waals surface area contributed by atoms with Gasteiger partial charge in [-0.25, -0.2) is 0 Å². The summed E-state index contributed by atoms with van der Waals surface area (Å²) in [5, 5.41) is 18.0. The lowest BCUT2D eigenvalue weighted by Gasteiger charge is -2.14. The van der Waals surface area contributed by atoms with Crippen molar-refractivity contribution in [2.45, 2.75) is 33.0 Å². The van der Waals surface area contributed by atoms with Crippen LogP contribution in [0.25, 0.3) is 0 Å². The molecule has 102 valence electrons. The highest BCUT2D eigenvalue weighted by molar-refractivity contribution is 5.35. The van der Waals surface area contributed by atoms with Gasteiger partial charge in [0.1, 0.15) is 18.2 Å². The van der Waals surface area contributed by atoms with E-state index in [4.69, 9.17) is 4.74 Å². The van der Waals surface area contributed by atoms with Crippen molar-refractivity contribution in [3.63, 3.8) is 0 Å². The molecule has 0 radical (unpaired) electrons. The molecule has 0 bridgehead atoms. The molecule has 0 aliphatic carbocycles. The number of hydrogen-bond acceptors (Lipinski definition) is 4. The minimum atomic E-state index is -0.502. The summed E-state index contributed by atoms with van der Waals surface area (Å²) >= 11 is 0. The highest BCUT2D eigenvalue weighted by atomic mass is 16.5. The van der Waals surface area contributed by atoms with Gasteiger partial charge in [-0.2, -0.15) is 0 Å². The van der Waals surface area contributed by atoms with Crippen molar-refractivity contribution in [2.75, 3.05) is 0 Å². The van der Waals surface area contributed by atoms with Crippen LogP contribution in [0.15, 0.2) is 24.3 Å². The predicted octanol–water partition coefficient (Wildman–Crippen LogP) is 2.15. The maximum atomic E-state index is 9.95. The van der Waals surface area contributed by atoms with Gasteiger partial charge >= 0.3 is 0 Å². The summed E-state index contributed by atoms with van der Waals surface area (Å²) in [5.41, 5.74) is 0.809. The quantitative estimate of drug-likeness (QED) is 0.896. The third kappa shape index (κ3) is 2.93. The number of aliphatic hydroxyl groups excluding tert-OH is 1. The van der Waals surface area contributed by atoms with E-state index in [0.29, 0.717) is 18.8 Å². The van der Waals surface area contributed by atoms with E-state index >= 15 is 0 Å². The lowest BCUT2D eigenvalue weighted by atomic mass is 10.1. The zero-order chi connectivity index (χ0) is 13.8. The second-order valence-electron chi connectivity index (χ2n) is 4.47. The molecule has 5 heteroatoms. The van der Waals surface area contributed by atoms with Crippen LogP contribution >= 0.6 is 0 Å². The summed E-state index contributed by atoms with van der Waals surface area (Å²) in [6, 6.07) is 7.53. The number of para-hydroxylation sites is 1. The number of aromatic nitrogens is 3. The number of hydrogen-bond donors (Lipinski definition) is 1. The van der Waals surface area contributed by atoms with E-state index in [9.17, 15) is 5.11 Å². The van der Waals surface area contributed by atoms with E-state index in [1.54, 1.807) is 0 Å². The average Bonchev–Trinajstić information content (AvgIpc) is 2.76. The molecule has 0 fully saturated rings. The maximum Gasteiger partial charge on any atom is 0.170 e. The molecule has 1 unspecified atom stereocenters. The van der Waals surface area contributed by atoms with Crippen LogP contribution in [0.5, 0.6) is 5.75 Å². The van der Waals surface area contributed by atoms with Crippen LogP contribution < -0.4 is 4.74 Å². The topological polar surface area (TPSA) is 60.2 Å². The molecule has 1 aromatic heterocycles. The van der Waals surface area contributed by atoms with Gasteiger partial charge in [0.15, 0.2) is 5.82 Å². The first-order valence-electron chi connectivity index (χ1n) is 6.38. The first kappa shape index (κ1) is 13.5. The van der Waals surface area contributed by atoms with Gasteiger partial charge in [-0.3, -0.25) is 0 Å². The standard InChI is InChI=1S/C14H19N3O2/c1-4-12(18)11-7-5-6-8-13(11)19-9-14-16-15-10(2)17(14)3/h5-8,12,18H,4,9H2,1-3H3. The van der Waals surface area contributed by atoms with Gasteiger partial charge in [0.2, 0.25) is 0 Å². The molecule has 0 amide bonds. The van der Waals surface area contributed by atoms with Crippen molar-refractivity contribution in [3.8, 4) is 5.75 Å². The fraction of sp³-hybridized carbons (Fsp3) is 0.429. The molecular weight excluding hydrogens is 242 g/mol. The summed E-state index contributed by atoms with van der Waals surface area (Å²) < 4.78 is 7.64. The van der Waals surface area contributed by atoms with E-state index < -0.39 is 6.10 Å². The summed E-state index contributed by atoms with van der Waals surface area (Å²) in [5.74, 6) is 2.30. The Morgan fingerprint density at radius 3 is 2.68 bits per heavy atom. The number of benzene rings is 1. The van der Waals surface area contributed by atoms with Gasteiger partial charge < -0.3 is 14.4 Å². The van der Waals surface area contributed by atoms with E-state index in [1.165, 1.54) is 0 Å². The zero-order valence-corrected chi connectivity index (χ0v) is 11.5. The third-order valence-electron chi connectivity index (χ3n) is 3.20. The molecule has 2 aromatic rings. The number of ether oxygens (including phenoxy) is 1. The highest BCUT2D eigenvalue weighted by Crippen LogP contribution is 2.27. The van der Waals surface area contributed by atoms with Crippen molar-refractivity contribution in [2.24, 2.45) is 7.05 Å². The molecule has 0 aliphatic rings. The third-order valence-corrected chi connectivity index (χ3v) is 3.20. The molecule has 0 saturated carbocycles. The van der Waals surface area contributed by atoms with Crippen LogP contribution in [-0.2, 0) is 13.7 Å². The van der Waals surface area contributed by atoms with Crippen LogP contribution in [0.3, 0.4) is 0 Å². The Morgan fingerprint density at radius 2 is 2.05 bits per heavy atom. The van der Waals surface area contributed by atoms with Crippen LogP contribution in [0, 0.1) is 6.92 Å². The molecular formula is C14H19N3O2. The van der Waals surface area contributed by atoms with E-state index in [2.05, 4.69) is 10.2 Å². The fourth-order valence-electron chi connectivity index (χ4n) is 1.83. The van der Waals surface area contributed by atoms with Crippen molar-refractivity contribution >= 4 is 0 Å². The minimum Gasteiger partial charge on any atom is -0.485 e. The Hall–Kier alpha value is -1.88. The van der Waals surface area contributed by atoms with Crippen LogP contribution in [-0.4, -0.2) is 19.9 Å². The molecule has 1 N–H and O–H groups in total. The highest BCUT2D eigenvalue weighted by Gasteiger charge is 2.12. The molecule has 1 atom stereocenters. The smallest absolute Gasteiger partial charge is 0.170 e. The zero-order valence-electron chi connectivity index (χ0n) is 11.5. The summed E-state index contributed by atoms with van der Waals surface area (Å²) in [4.78, 5) is 0. The molecule has 0 spiro atoms. The van der Waals surface area contributed by atoms with Crippen molar-refractivity contribution < 1.29 is 9.84 Å². The van der Waals surface area contributed by atoms with E-state index in [1.807, 2.05) is 49.7 Å². The lowest BCUT2D eigenvalue weighted by molar-refractivity contribution is 0.165. The second kappa shape index (κ2) is 5.84. The van der Waals surface area contributed by atoms with Crippen molar-refractivity contribution in [1.82, 2.24) is 14.8 Å². The Balaban J connectivity index is 2.13. The van der Waals surface area contributed by atoms with Gasteiger partial charge in [0, 0.05) is 12.6 Å². The number of rotatable bonds is 5. The van der Waals surface area contributed by atoms with Gasteiger partial charge in [0.25, 0.3) is 0 Å². The van der Waals surface area contributed by atoms with Gasteiger partial charge in [-0.05, 0) is 19.4 Å². The number of aliphatic hydroxyl groups is 1.